The molecule has 94 valence electrons. The van der Waals surface area contributed by atoms with Crippen LogP contribution < -0.4 is 4.74 Å². The average molecular weight is 248 g/mol. The molecule has 1 aromatic rings. The van der Waals surface area contributed by atoms with Gasteiger partial charge in [-0.1, -0.05) is 12.1 Å². The summed E-state index contributed by atoms with van der Waals surface area (Å²) in [5, 5.41) is 0. The molecule has 0 aliphatic rings. The van der Waals surface area contributed by atoms with Crippen LogP contribution in [-0.4, -0.2) is 18.9 Å². The van der Waals surface area contributed by atoms with Gasteiger partial charge >= 0.3 is 12.3 Å². The first-order valence-electron chi connectivity index (χ1n) is 4.85. The third kappa shape index (κ3) is 5.79. The predicted octanol–water partition coefficient (Wildman–Crippen LogP) is 2.69. The van der Waals surface area contributed by atoms with Gasteiger partial charge in [-0.3, -0.25) is 4.79 Å². The monoisotopic (exact) mass is 248 g/mol. The maximum Gasteiger partial charge on any atom is 0.573 e. The second-order valence-electron chi connectivity index (χ2n) is 3.29. The highest BCUT2D eigenvalue weighted by atomic mass is 19.4. The first-order chi connectivity index (χ1) is 7.87. The summed E-state index contributed by atoms with van der Waals surface area (Å²) < 4.78 is 44.3. The molecule has 1 aromatic carbocycles. The van der Waals surface area contributed by atoms with Crippen molar-refractivity contribution in [1.29, 1.82) is 0 Å². The molecule has 0 aliphatic carbocycles. The quantitative estimate of drug-likeness (QED) is 0.768. The number of halogens is 3. The fourth-order valence-electron chi connectivity index (χ4n) is 1.21. The molecule has 0 saturated heterocycles. The molecular formula is C11H11F3O3. The van der Waals surface area contributed by atoms with Gasteiger partial charge in [-0.2, -0.15) is 0 Å². The summed E-state index contributed by atoms with van der Waals surface area (Å²) in [6.45, 7) is 1.40. The Morgan fingerprint density at radius 1 is 1.35 bits per heavy atom. The van der Waals surface area contributed by atoms with Gasteiger partial charge in [-0.05, 0) is 17.7 Å². The van der Waals surface area contributed by atoms with Crippen molar-refractivity contribution in [2.24, 2.45) is 0 Å². The van der Waals surface area contributed by atoms with E-state index < -0.39 is 12.3 Å². The van der Waals surface area contributed by atoms with Gasteiger partial charge in [-0.15, -0.1) is 13.2 Å². The molecule has 0 heterocycles. The highest BCUT2D eigenvalue weighted by Gasteiger charge is 2.31. The van der Waals surface area contributed by atoms with Crippen molar-refractivity contribution in [3.05, 3.63) is 29.8 Å². The standard InChI is InChI=1S/C11H11F3O3/c1-8(15)16-6-5-9-3-2-4-10(7-9)17-11(12,13)14/h2-4,7H,5-6H2,1H3. The summed E-state index contributed by atoms with van der Waals surface area (Å²) >= 11 is 0. The largest absolute Gasteiger partial charge is 0.573 e. The number of rotatable bonds is 4. The van der Waals surface area contributed by atoms with Crippen molar-refractivity contribution in [2.75, 3.05) is 6.61 Å². The number of alkyl halides is 3. The lowest BCUT2D eigenvalue weighted by Crippen LogP contribution is -2.17. The zero-order valence-corrected chi connectivity index (χ0v) is 9.08. The third-order valence-corrected chi connectivity index (χ3v) is 1.83. The minimum Gasteiger partial charge on any atom is -0.466 e. The number of carbonyl (C=O) groups is 1. The first-order valence-corrected chi connectivity index (χ1v) is 4.85. The van der Waals surface area contributed by atoms with Crippen LogP contribution in [-0.2, 0) is 16.0 Å². The fraction of sp³-hybridized carbons (Fsp3) is 0.364. The summed E-state index contributed by atoms with van der Waals surface area (Å²) in [6.07, 6.45) is -4.36. The summed E-state index contributed by atoms with van der Waals surface area (Å²) in [5.74, 6) is -0.703. The lowest BCUT2D eigenvalue weighted by atomic mass is 10.1. The average Bonchev–Trinajstić information content (AvgIpc) is 2.14. The van der Waals surface area contributed by atoms with Crippen molar-refractivity contribution < 1.29 is 27.4 Å². The van der Waals surface area contributed by atoms with E-state index in [9.17, 15) is 18.0 Å². The third-order valence-electron chi connectivity index (χ3n) is 1.83. The van der Waals surface area contributed by atoms with Crippen molar-refractivity contribution in [3.63, 3.8) is 0 Å². The molecule has 1 rings (SSSR count). The Hall–Kier alpha value is -1.72. The Labute approximate surface area is 96.1 Å². The molecule has 0 fully saturated rings. The van der Waals surface area contributed by atoms with Crippen LogP contribution in [0, 0.1) is 0 Å². The molecule has 0 atom stereocenters. The van der Waals surface area contributed by atoms with Gasteiger partial charge in [0.2, 0.25) is 0 Å². The van der Waals surface area contributed by atoms with Crippen molar-refractivity contribution in [2.45, 2.75) is 19.7 Å². The molecule has 0 bridgehead atoms. The van der Waals surface area contributed by atoms with Crippen LogP contribution in [0.15, 0.2) is 24.3 Å². The number of ether oxygens (including phenoxy) is 2. The molecule has 0 N–H and O–H groups in total. The Balaban J connectivity index is 2.57. The lowest BCUT2D eigenvalue weighted by Gasteiger charge is -2.09. The van der Waals surface area contributed by atoms with Gasteiger partial charge in [0.25, 0.3) is 0 Å². The van der Waals surface area contributed by atoms with E-state index in [-0.39, 0.29) is 12.4 Å². The second-order valence-corrected chi connectivity index (χ2v) is 3.29. The second kappa shape index (κ2) is 5.56. The van der Waals surface area contributed by atoms with E-state index in [1.54, 1.807) is 6.07 Å². The van der Waals surface area contributed by atoms with E-state index in [2.05, 4.69) is 9.47 Å². The maximum absolute atomic E-state index is 11.9. The van der Waals surface area contributed by atoms with Gasteiger partial charge in [0.15, 0.2) is 0 Å². The van der Waals surface area contributed by atoms with Gasteiger partial charge in [0.1, 0.15) is 5.75 Å². The van der Waals surface area contributed by atoms with E-state index in [1.165, 1.54) is 25.1 Å². The van der Waals surface area contributed by atoms with E-state index in [1.807, 2.05) is 0 Å². The highest BCUT2D eigenvalue weighted by Crippen LogP contribution is 2.23. The topological polar surface area (TPSA) is 35.5 Å². The number of carbonyl (C=O) groups excluding carboxylic acids is 1. The molecule has 0 unspecified atom stereocenters. The molecule has 0 aromatic heterocycles. The Kier molecular flexibility index (Phi) is 4.37. The van der Waals surface area contributed by atoms with Gasteiger partial charge in [0, 0.05) is 13.3 Å². The molecule has 0 spiro atoms. The van der Waals surface area contributed by atoms with E-state index in [4.69, 9.17) is 0 Å². The molecule has 0 amide bonds. The molecule has 6 heteroatoms. The molecule has 0 radical (unpaired) electrons. The van der Waals surface area contributed by atoms with Crippen LogP contribution in [0.3, 0.4) is 0 Å². The fourth-order valence-corrected chi connectivity index (χ4v) is 1.21. The van der Waals surface area contributed by atoms with Gasteiger partial charge < -0.3 is 9.47 Å². The Morgan fingerprint density at radius 3 is 2.65 bits per heavy atom. The smallest absolute Gasteiger partial charge is 0.466 e. The first kappa shape index (κ1) is 13.3. The number of esters is 1. The number of hydrogen-bond acceptors (Lipinski definition) is 3. The van der Waals surface area contributed by atoms with E-state index in [0.29, 0.717) is 12.0 Å². The predicted molar refractivity (Wildman–Crippen MR) is 53.5 cm³/mol. The van der Waals surface area contributed by atoms with E-state index in [0.717, 1.165) is 0 Å². The Morgan fingerprint density at radius 2 is 2.06 bits per heavy atom. The van der Waals surface area contributed by atoms with Crippen molar-refractivity contribution in [3.8, 4) is 5.75 Å². The Bertz CT molecular complexity index is 388. The van der Waals surface area contributed by atoms with Crippen LogP contribution in [0.25, 0.3) is 0 Å². The maximum atomic E-state index is 11.9. The molecule has 17 heavy (non-hydrogen) atoms. The summed E-state index contributed by atoms with van der Waals surface area (Å²) in [5.41, 5.74) is 0.605. The molecule has 3 nitrogen and oxygen atoms in total. The van der Waals surface area contributed by atoms with Crippen LogP contribution in [0.5, 0.6) is 5.75 Å². The van der Waals surface area contributed by atoms with Crippen LogP contribution in [0.2, 0.25) is 0 Å². The molecular weight excluding hydrogens is 237 g/mol. The molecule has 0 aliphatic heterocycles. The van der Waals surface area contributed by atoms with Gasteiger partial charge in [-0.25, -0.2) is 0 Å². The zero-order chi connectivity index (χ0) is 12.9. The lowest BCUT2D eigenvalue weighted by molar-refractivity contribution is -0.274. The van der Waals surface area contributed by atoms with Crippen LogP contribution in [0.1, 0.15) is 12.5 Å². The minimum atomic E-state index is -4.70. The zero-order valence-electron chi connectivity index (χ0n) is 9.08. The summed E-state index contributed by atoms with van der Waals surface area (Å²) in [7, 11) is 0. The number of hydrogen-bond donors (Lipinski definition) is 0. The van der Waals surface area contributed by atoms with Crippen molar-refractivity contribution in [1.82, 2.24) is 0 Å². The normalized spacial score (nSPS) is 11.1. The minimum absolute atomic E-state index is 0.130. The number of benzene rings is 1. The highest BCUT2D eigenvalue weighted by molar-refractivity contribution is 5.65. The summed E-state index contributed by atoms with van der Waals surface area (Å²) in [6, 6.07) is 5.55. The van der Waals surface area contributed by atoms with Gasteiger partial charge in [0.05, 0.1) is 6.61 Å². The summed E-state index contributed by atoms with van der Waals surface area (Å²) in [4.78, 5) is 10.5. The SMILES string of the molecule is CC(=O)OCCc1cccc(OC(F)(F)F)c1. The molecule has 0 saturated carbocycles. The van der Waals surface area contributed by atoms with E-state index >= 15 is 0 Å². The van der Waals surface area contributed by atoms with Crippen LogP contribution in [0.4, 0.5) is 13.2 Å². The van der Waals surface area contributed by atoms with Crippen molar-refractivity contribution >= 4 is 5.97 Å². The van der Waals surface area contributed by atoms with Crippen LogP contribution >= 0.6 is 0 Å².